The van der Waals surface area contributed by atoms with Crippen LogP contribution in [-0.4, -0.2) is 32.4 Å². The van der Waals surface area contributed by atoms with Crippen molar-refractivity contribution in [2.24, 2.45) is 0 Å². The quantitative estimate of drug-likeness (QED) is 0.836. The Hall–Kier alpha value is -1.06. The van der Waals surface area contributed by atoms with E-state index in [1.165, 1.54) is 5.56 Å². The van der Waals surface area contributed by atoms with Gasteiger partial charge < -0.3 is 14.8 Å². The van der Waals surface area contributed by atoms with Gasteiger partial charge in [-0.1, -0.05) is 18.2 Å². The summed E-state index contributed by atoms with van der Waals surface area (Å²) in [6.07, 6.45) is 1.49. The molecule has 3 rings (SSSR count). The molecule has 0 aromatic heterocycles. The van der Waals surface area contributed by atoms with Crippen molar-refractivity contribution in [3.63, 3.8) is 0 Å². The monoisotopic (exact) mass is 219 g/mol. The molecule has 0 bridgehead atoms. The van der Waals surface area contributed by atoms with Crippen LogP contribution >= 0.6 is 0 Å². The Bertz CT molecular complexity index is 363. The van der Waals surface area contributed by atoms with Gasteiger partial charge in [0.15, 0.2) is 0 Å². The first kappa shape index (κ1) is 10.1. The smallest absolute Gasteiger partial charge is 0.122 e. The fourth-order valence-corrected chi connectivity index (χ4v) is 2.22. The Morgan fingerprint density at radius 1 is 1.31 bits per heavy atom. The first-order valence-corrected chi connectivity index (χ1v) is 5.97. The molecule has 1 saturated heterocycles. The topological polar surface area (TPSA) is 30.5 Å². The highest BCUT2D eigenvalue weighted by Gasteiger charge is 2.24. The summed E-state index contributed by atoms with van der Waals surface area (Å²) in [6.45, 7) is 3.65. The molecule has 2 aliphatic heterocycles. The Morgan fingerprint density at radius 2 is 2.19 bits per heavy atom. The summed E-state index contributed by atoms with van der Waals surface area (Å²) in [7, 11) is 0. The molecule has 3 nitrogen and oxygen atoms in total. The van der Waals surface area contributed by atoms with Gasteiger partial charge in [0.1, 0.15) is 5.75 Å². The van der Waals surface area contributed by atoms with E-state index in [1.807, 2.05) is 12.1 Å². The van der Waals surface area contributed by atoms with Crippen molar-refractivity contribution in [1.82, 2.24) is 5.32 Å². The van der Waals surface area contributed by atoms with Crippen molar-refractivity contribution in [2.45, 2.75) is 18.4 Å². The Balaban J connectivity index is 1.66. The second-order valence-electron chi connectivity index (χ2n) is 4.49. The molecule has 16 heavy (non-hydrogen) atoms. The predicted molar refractivity (Wildman–Crippen MR) is 61.9 cm³/mol. The molecular formula is C13H17NO2. The van der Waals surface area contributed by atoms with Crippen LogP contribution in [0.5, 0.6) is 5.75 Å². The minimum absolute atomic E-state index is 0.426. The Kier molecular flexibility index (Phi) is 2.80. The van der Waals surface area contributed by atoms with E-state index in [1.54, 1.807) is 0 Å². The number of nitrogens with one attached hydrogen (secondary N) is 1. The lowest BCUT2D eigenvalue weighted by molar-refractivity contribution is 0.00615. The van der Waals surface area contributed by atoms with Gasteiger partial charge in [-0.3, -0.25) is 0 Å². The summed E-state index contributed by atoms with van der Waals surface area (Å²) in [5, 5.41) is 3.22. The average Bonchev–Trinajstić information content (AvgIpc) is 2.27. The fraction of sp³-hybridized carbons (Fsp3) is 0.538. The minimum Gasteiger partial charge on any atom is -0.493 e. The van der Waals surface area contributed by atoms with Crippen LogP contribution in [0, 0.1) is 0 Å². The van der Waals surface area contributed by atoms with Crippen molar-refractivity contribution in [2.75, 3.05) is 26.3 Å². The lowest BCUT2D eigenvalue weighted by Gasteiger charge is -2.31. The molecule has 3 heteroatoms. The van der Waals surface area contributed by atoms with Gasteiger partial charge in [0.2, 0.25) is 0 Å². The highest BCUT2D eigenvalue weighted by Crippen LogP contribution is 2.33. The van der Waals surface area contributed by atoms with E-state index in [9.17, 15) is 0 Å². The lowest BCUT2D eigenvalue weighted by atomic mass is 9.94. The van der Waals surface area contributed by atoms with E-state index >= 15 is 0 Å². The van der Waals surface area contributed by atoms with Gasteiger partial charge in [0, 0.05) is 19.0 Å². The first-order valence-electron chi connectivity index (χ1n) is 5.97. The molecule has 1 aromatic carbocycles. The minimum atomic E-state index is 0.426. The van der Waals surface area contributed by atoms with Crippen molar-refractivity contribution in [3.05, 3.63) is 29.8 Å². The molecule has 1 aromatic rings. The van der Waals surface area contributed by atoms with Crippen molar-refractivity contribution in [1.29, 1.82) is 0 Å². The molecular weight excluding hydrogens is 202 g/mol. The van der Waals surface area contributed by atoms with Gasteiger partial charge in [-0.2, -0.15) is 0 Å². The van der Waals surface area contributed by atoms with Gasteiger partial charge in [0.25, 0.3) is 0 Å². The SMILES string of the molecule is c1ccc2c(c1)OCCC2COC1CNC1. The third-order valence-electron chi connectivity index (χ3n) is 3.36. The maximum Gasteiger partial charge on any atom is 0.122 e. The highest BCUT2D eigenvalue weighted by molar-refractivity contribution is 5.37. The molecule has 1 unspecified atom stereocenters. The summed E-state index contributed by atoms with van der Waals surface area (Å²) in [4.78, 5) is 0. The largest absolute Gasteiger partial charge is 0.493 e. The van der Waals surface area contributed by atoms with Crippen LogP contribution in [0.2, 0.25) is 0 Å². The van der Waals surface area contributed by atoms with Crippen LogP contribution < -0.4 is 10.1 Å². The maximum absolute atomic E-state index is 5.86. The van der Waals surface area contributed by atoms with Gasteiger partial charge in [0.05, 0.1) is 19.3 Å². The van der Waals surface area contributed by atoms with Crippen molar-refractivity contribution >= 4 is 0 Å². The van der Waals surface area contributed by atoms with Crippen LogP contribution in [0.25, 0.3) is 0 Å². The molecule has 0 aliphatic carbocycles. The number of para-hydroxylation sites is 1. The highest BCUT2D eigenvalue weighted by atomic mass is 16.5. The Morgan fingerprint density at radius 3 is 3.00 bits per heavy atom. The van der Waals surface area contributed by atoms with Crippen LogP contribution in [0.1, 0.15) is 17.9 Å². The van der Waals surface area contributed by atoms with Gasteiger partial charge in [-0.25, -0.2) is 0 Å². The molecule has 1 atom stereocenters. The van der Waals surface area contributed by atoms with E-state index in [2.05, 4.69) is 17.4 Å². The van der Waals surface area contributed by atoms with E-state index in [4.69, 9.17) is 9.47 Å². The number of hydrogen-bond acceptors (Lipinski definition) is 3. The molecule has 0 amide bonds. The van der Waals surface area contributed by atoms with E-state index in [0.717, 1.165) is 38.5 Å². The third kappa shape index (κ3) is 1.93. The van der Waals surface area contributed by atoms with E-state index in [0.29, 0.717) is 12.0 Å². The standard InChI is InChI=1S/C13H17NO2/c1-2-4-13-12(3-1)10(5-6-15-13)9-16-11-7-14-8-11/h1-4,10-11,14H,5-9H2. The molecule has 2 aliphatic rings. The normalized spacial score (nSPS) is 24.4. The van der Waals surface area contributed by atoms with Gasteiger partial charge >= 0.3 is 0 Å². The van der Waals surface area contributed by atoms with Crippen LogP contribution in [0.4, 0.5) is 0 Å². The fourth-order valence-electron chi connectivity index (χ4n) is 2.22. The number of hydrogen-bond donors (Lipinski definition) is 1. The van der Waals surface area contributed by atoms with Gasteiger partial charge in [-0.05, 0) is 18.1 Å². The molecule has 0 saturated carbocycles. The zero-order chi connectivity index (χ0) is 10.8. The third-order valence-corrected chi connectivity index (χ3v) is 3.36. The number of fused-ring (bicyclic) bond motifs is 1. The second-order valence-corrected chi connectivity index (χ2v) is 4.49. The summed E-state index contributed by atoms with van der Waals surface area (Å²) in [5.74, 6) is 1.54. The first-order chi connectivity index (χ1) is 7.93. The van der Waals surface area contributed by atoms with E-state index < -0.39 is 0 Å². The maximum atomic E-state index is 5.86. The van der Waals surface area contributed by atoms with E-state index in [-0.39, 0.29) is 0 Å². The zero-order valence-corrected chi connectivity index (χ0v) is 9.32. The summed E-state index contributed by atoms with van der Waals surface area (Å²) in [5.41, 5.74) is 1.31. The van der Waals surface area contributed by atoms with Crippen LogP contribution in [-0.2, 0) is 4.74 Å². The summed E-state index contributed by atoms with van der Waals surface area (Å²) < 4.78 is 11.5. The number of rotatable bonds is 3. The molecule has 86 valence electrons. The van der Waals surface area contributed by atoms with Crippen LogP contribution in [0.15, 0.2) is 24.3 Å². The summed E-state index contributed by atoms with van der Waals surface area (Å²) in [6, 6.07) is 8.30. The lowest BCUT2D eigenvalue weighted by Crippen LogP contribution is -2.49. The molecule has 0 spiro atoms. The predicted octanol–water partition coefficient (Wildman–Crippen LogP) is 1.54. The number of benzene rings is 1. The molecule has 1 N–H and O–H groups in total. The molecule has 1 fully saturated rings. The second kappa shape index (κ2) is 4.44. The zero-order valence-electron chi connectivity index (χ0n) is 9.32. The van der Waals surface area contributed by atoms with Crippen LogP contribution in [0.3, 0.4) is 0 Å². The Labute approximate surface area is 95.8 Å². The molecule has 2 heterocycles. The number of ether oxygens (including phenoxy) is 2. The van der Waals surface area contributed by atoms with Crippen molar-refractivity contribution < 1.29 is 9.47 Å². The van der Waals surface area contributed by atoms with Gasteiger partial charge in [-0.15, -0.1) is 0 Å². The van der Waals surface area contributed by atoms with Crippen molar-refractivity contribution in [3.8, 4) is 5.75 Å². The molecule has 0 radical (unpaired) electrons. The average molecular weight is 219 g/mol. The summed E-state index contributed by atoms with van der Waals surface area (Å²) >= 11 is 0.